The Kier molecular flexibility index (Phi) is 5.28. The minimum atomic E-state index is -1.20. The van der Waals surface area contributed by atoms with Gasteiger partial charge in [0.05, 0.1) is 17.7 Å². The van der Waals surface area contributed by atoms with Gasteiger partial charge in [0.25, 0.3) is 0 Å². The zero-order valence-electron chi connectivity index (χ0n) is 10.1. The normalized spacial score (nSPS) is 9.47. The maximum absolute atomic E-state index is 11.7. The van der Waals surface area contributed by atoms with Crippen LogP contribution in [0.3, 0.4) is 0 Å². The lowest BCUT2D eigenvalue weighted by molar-refractivity contribution is -0.116. The van der Waals surface area contributed by atoms with Crippen molar-refractivity contribution in [2.24, 2.45) is 0 Å². The number of nitrogens with one attached hydrogen (secondary N) is 1. The third-order valence-corrected chi connectivity index (χ3v) is 2.20. The highest BCUT2D eigenvalue weighted by molar-refractivity contribution is 6.02. The van der Waals surface area contributed by atoms with Gasteiger partial charge >= 0.3 is 11.9 Å². The van der Waals surface area contributed by atoms with Gasteiger partial charge in [-0.25, -0.2) is 9.59 Å². The molecule has 0 aliphatic heterocycles. The quantitative estimate of drug-likeness (QED) is 0.451. The van der Waals surface area contributed by atoms with Crippen molar-refractivity contribution in [2.45, 2.75) is 0 Å². The van der Waals surface area contributed by atoms with Gasteiger partial charge in [-0.1, -0.05) is 18.7 Å². The molecule has 1 rings (SSSR count). The molecule has 6 heteroatoms. The molecule has 0 fully saturated rings. The van der Waals surface area contributed by atoms with E-state index in [1.807, 2.05) is 0 Å². The van der Waals surface area contributed by atoms with Crippen molar-refractivity contribution >= 4 is 17.8 Å². The summed E-state index contributed by atoms with van der Waals surface area (Å²) in [6.45, 7) is 3.35. The number of esters is 1. The minimum absolute atomic E-state index is 0.0231. The second kappa shape index (κ2) is 6.95. The molecule has 19 heavy (non-hydrogen) atoms. The Balaban J connectivity index is 2.57. The number of carboxylic acid groups (broad SMARTS) is 1. The zero-order chi connectivity index (χ0) is 14.3. The fourth-order valence-corrected chi connectivity index (χ4v) is 1.32. The summed E-state index contributed by atoms with van der Waals surface area (Å²) < 4.78 is 4.86. The van der Waals surface area contributed by atoms with Crippen molar-refractivity contribution in [1.29, 1.82) is 0 Å². The number of carbonyl (C=O) groups is 3. The molecule has 0 aliphatic rings. The van der Waals surface area contributed by atoms with Gasteiger partial charge in [0, 0.05) is 0 Å². The molecule has 2 N–H and O–H groups in total. The van der Waals surface area contributed by atoms with Gasteiger partial charge in [0.1, 0.15) is 6.61 Å². The van der Waals surface area contributed by atoms with E-state index in [2.05, 4.69) is 11.9 Å². The van der Waals surface area contributed by atoms with E-state index in [1.165, 1.54) is 18.2 Å². The zero-order valence-corrected chi connectivity index (χ0v) is 10.1. The lowest BCUT2D eigenvalue weighted by Crippen LogP contribution is -2.26. The van der Waals surface area contributed by atoms with Crippen LogP contribution in [0, 0.1) is 0 Å². The van der Waals surface area contributed by atoms with Crippen molar-refractivity contribution in [1.82, 2.24) is 5.32 Å². The van der Waals surface area contributed by atoms with Gasteiger partial charge < -0.3 is 15.2 Å². The number of amides is 1. The predicted molar refractivity (Wildman–Crippen MR) is 66.9 cm³/mol. The molecule has 1 aromatic carbocycles. The molecule has 0 atom stereocenters. The third-order valence-electron chi connectivity index (χ3n) is 2.20. The van der Waals surface area contributed by atoms with Crippen LogP contribution in [0.4, 0.5) is 0 Å². The fourth-order valence-electron chi connectivity index (χ4n) is 1.32. The van der Waals surface area contributed by atoms with Crippen molar-refractivity contribution in [3.05, 3.63) is 48.0 Å². The van der Waals surface area contributed by atoms with Crippen LogP contribution in [0.2, 0.25) is 0 Å². The maximum atomic E-state index is 11.7. The third kappa shape index (κ3) is 4.27. The molecular formula is C13H13NO5. The summed E-state index contributed by atoms with van der Waals surface area (Å²) in [5.74, 6) is -2.32. The van der Waals surface area contributed by atoms with Gasteiger partial charge in [0.2, 0.25) is 5.91 Å². The first kappa shape index (κ1) is 14.4. The Labute approximate surface area is 109 Å². The SMILES string of the molecule is C=CC(=O)NCCOC(=O)c1ccccc1C(=O)O. The van der Waals surface area contributed by atoms with Crippen molar-refractivity contribution in [3.8, 4) is 0 Å². The number of hydrogen-bond donors (Lipinski definition) is 2. The van der Waals surface area contributed by atoms with Crippen LogP contribution in [0.15, 0.2) is 36.9 Å². The molecule has 1 aromatic rings. The van der Waals surface area contributed by atoms with Gasteiger partial charge in [-0.2, -0.15) is 0 Å². The van der Waals surface area contributed by atoms with E-state index >= 15 is 0 Å². The van der Waals surface area contributed by atoms with Crippen LogP contribution < -0.4 is 5.32 Å². The van der Waals surface area contributed by atoms with Crippen LogP contribution in [-0.2, 0) is 9.53 Å². The lowest BCUT2D eigenvalue weighted by atomic mass is 10.1. The predicted octanol–water partition coefficient (Wildman–Crippen LogP) is 0.844. The molecular weight excluding hydrogens is 250 g/mol. The molecule has 0 bridgehead atoms. The molecule has 100 valence electrons. The van der Waals surface area contributed by atoms with Gasteiger partial charge in [0.15, 0.2) is 0 Å². The lowest BCUT2D eigenvalue weighted by Gasteiger charge is -2.07. The average molecular weight is 263 g/mol. The van der Waals surface area contributed by atoms with Gasteiger partial charge in [-0.3, -0.25) is 4.79 Å². The fraction of sp³-hybridized carbons (Fsp3) is 0.154. The highest BCUT2D eigenvalue weighted by atomic mass is 16.5. The monoisotopic (exact) mass is 263 g/mol. The second-order valence-electron chi connectivity index (χ2n) is 3.48. The number of carboxylic acids is 1. The van der Waals surface area contributed by atoms with Crippen LogP contribution in [0.25, 0.3) is 0 Å². The first-order valence-corrected chi connectivity index (χ1v) is 5.46. The van der Waals surface area contributed by atoms with Crippen LogP contribution in [0.5, 0.6) is 0 Å². The average Bonchev–Trinajstić information content (AvgIpc) is 2.42. The van der Waals surface area contributed by atoms with Crippen molar-refractivity contribution in [3.63, 3.8) is 0 Å². The summed E-state index contributed by atoms with van der Waals surface area (Å²) in [5, 5.41) is 11.3. The molecule has 1 amide bonds. The van der Waals surface area contributed by atoms with Crippen LogP contribution in [-0.4, -0.2) is 36.1 Å². The standard InChI is InChI=1S/C13H13NO5/c1-2-11(15)14-7-8-19-13(18)10-6-4-3-5-9(10)12(16)17/h2-6H,1,7-8H2,(H,14,15)(H,16,17). The van der Waals surface area contributed by atoms with Gasteiger partial charge in [-0.15, -0.1) is 0 Å². The van der Waals surface area contributed by atoms with E-state index in [1.54, 1.807) is 6.07 Å². The highest BCUT2D eigenvalue weighted by Crippen LogP contribution is 2.10. The first-order chi connectivity index (χ1) is 9.06. The summed E-state index contributed by atoms with van der Waals surface area (Å²) in [6, 6.07) is 5.75. The van der Waals surface area contributed by atoms with E-state index in [4.69, 9.17) is 9.84 Å². The Morgan fingerprint density at radius 2 is 1.89 bits per heavy atom. The molecule has 0 radical (unpaired) electrons. The van der Waals surface area contributed by atoms with E-state index in [0.29, 0.717) is 0 Å². The molecule has 0 aromatic heterocycles. The molecule has 0 saturated heterocycles. The van der Waals surface area contributed by atoms with E-state index in [-0.39, 0.29) is 30.2 Å². The minimum Gasteiger partial charge on any atom is -0.478 e. The number of hydrogen-bond acceptors (Lipinski definition) is 4. The Bertz CT molecular complexity index is 510. The summed E-state index contributed by atoms with van der Waals surface area (Å²) >= 11 is 0. The molecule has 0 saturated carbocycles. The second-order valence-corrected chi connectivity index (χ2v) is 3.48. The van der Waals surface area contributed by atoms with E-state index in [9.17, 15) is 14.4 Å². The molecule has 0 unspecified atom stereocenters. The van der Waals surface area contributed by atoms with E-state index in [0.717, 1.165) is 6.08 Å². The molecule has 0 heterocycles. The van der Waals surface area contributed by atoms with Crippen molar-refractivity contribution < 1.29 is 24.2 Å². The number of benzene rings is 1. The summed E-state index contributed by atoms with van der Waals surface area (Å²) in [5.41, 5.74) is -0.146. The first-order valence-electron chi connectivity index (χ1n) is 5.46. The summed E-state index contributed by atoms with van der Waals surface area (Å²) in [4.78, 5) is 33.4. The maximum Gasteiger partial charge on any atom is 0.339 e. The van der Waals surface area contributed by atoms with Gasteiger partial charge in [-0.05, 0) is 18.2 Å². The summed E-state index contributed by atoms with van der Waals surface area (Å²) in [7, 11) is 0. The molecule has 0 aliphatic carbocycles. The van der Waals surface area contributed by atoms with E-state index < -0.39 is 11.9 Å². The number of ether oxygens (including phenoxy) is 1. The van der Waals surface area contributed by atoms with Crippen LogP contribution >= 0.6 is 0 Å². The summed E-state index contributed by atoms with van der Waals surface area (Å²) in [6.07, 6.45) is 1.10. The highest BCUT2D eigenvalue weighted by Gasteiger charge is 2.16. The Hall–Kier alpha value is -2.63. The topological polar surface area (TPSA) is 92.7 Å². The number of aromatic carboxylic acids is 1. The van der Waals surface area contributed by atoms with Crippen molar-refractivity contribution in [2.75, 3.05) is 13.2 Å². The number of rotatable bonds is 6. The Morgan fingerprint density at radius 3 is 2.47 bits per heavy atom. The van der Waals surface area contributed by atoms with Crippen LogP contribution in [0.1, 0.15) is 20.7 Å². The Morgan fingerprint density at radius 1 is 1.26 bits per heavy atom. The molecule has 6 nitrogen and oxygen atoms in total. The largest absolute Gasteiger partial charge is 0.478 e. The number of carbonyl (C=O) groups excluding carboxylic acids is 2. The molecule has 0 spiro atoms. The smallest absolute Gasteiger partial charge is 0.339 e.